The lowest BCUT2D eigenvalue weighted by Crippen LogP contribution is -2.05. The standard InChI is InChI=1S/C14H13ClIN3O/c1-8-11(9(2)20-18-8)7-19-13-4-3-10(16)5-12(13)17-14(19)6-15/h3-5H,6-7H2,1-2H3. The Morgan fingerprint density at radius 3 is 2.80 bits per heavy atom. The average Bonchev–Trinajstić information content (AvgIpc) is 2.93. The molecule has 0 radical (unpaired) electrons. The predicted octanol–water partition coefficient (Wildman–Crippen LogP) is 4.03. The van der Waals surface area contributed by atoms with Gasteiger partial charge in [-0.1, -0.05) is 5.16 Å². The van der Waals surface area contributed by atoms with E-state index in [2.05, 4.69) is 55.5 Å². The van der Waals surface area contributed by atoms with Gasteiger partial charge < -0.3 is 9.09 Å². The van der Waals surface area contributed by atoms with Crippen LogP contribution in [0.3, 0.4) is 0 Å². The van der Waals surface area contributed by atoms with E-state index in [4.69, 9.17) is 16.1 Å². The van der Waals surface area contributed by atoms with Crippen molar-refractivity contribution in [3.8, 4) is 0 Å². The molecule has 0 amide bonds. The van der Waals surface area contributed by atoms with Crippen LogP contribution < -0.4 is 0 Å². The molecule has 0 unspecified atom stereocenters. The van der Waals surface area contributed by atoms with Crippen molar-refractivity contribution >= 4 is 45.2 Å². The molecule has 3 aromatic rings. The number of hydrogen-bond donors (Lipinski definition) is 0. The van der Waals surface area contributed by atoms with Crippen LogP contribution in [0.1, 0.15) is 22.8 Å². The summed E-state index contributed by atoms with van der Waals surface area (Å²) in [7, 11) is 0. The highest BCUT2D eigenvalue weighted by Gasteiger charge is 2.15. The van der Waals surface area contributed by atoms with Crippen LogP contribution in [-0.2, 0) is 12.4 Å². The monoisotopic (exact) mass is 401 g/mol. The lowest BCUT2D eigenvalue weighted by atomic mass is 10.2. The molecule has 0 saturated carbocycles. The summed E-state index contributed by atoms with van der Waals surface area (Å²) in [5.74, 6) is 2.09. The molecule has 0 aliphatic rings. The van der Waals surface area contributed by atoms with Gasteiger partial charge in [-0.05, 0) is 54.6 Å². The zero-order valence-electron chi connectivity index (χ0n) is 11.2. The summed E-state index contributed by atoms with van der Waals surface area (Å²) >= 11 is 8.33. The Morgan fingerprint density at radius 1 is 1.35 bits per heavy atom. The van der Waals surface area contributed by atoms with Gasteiger partial charge >= 0.3 is 0 Å². The number of benzene rings is 1. The van der Waals surface area contributed by atoms with Gasteiger partial charge in [-0.2, -0.15) is 0 Å². The molecule has 104 valence electrons. The SMILES string of the molecule is Cc1noc(C)c1Cn1c(CCl)nc2cc(I)ccc21. The number of fused-ring (bicyclic) bond motifs is 1. The fourth-order valence-electron chi connectivity index (χ4n) is 2.32. The van der Waals surface area contributed by atoms with Crippen molar-refractivity contribution in [2.75, 3.05) is 0 Å². The summed E-state index contributed by atoms with van der Waals surface area (Å²) in [5.41, 5.74) is 4.06. The molecule has 20 heavy (non-hydrogen) atoms. The first kappa shape index (κ1) is 13.9. The first-order valence-corrected chi connectivity index (χ1v) is 7.84. The van der Waals surface area contributed by atoms with Crippen LogP contribution in [0.2, 0.25) is 0 Å². The number of alkyl halides is 1. The van der Waals surface area contributed by atoms with Crippen molar-refractivity contribution in [2.24, 2.45) is 0 Å². The molecule has 1 aromatic carbocycles. The highest BCUT2D eigenvalue weighted by molar-refractivity contribution is 14.1. The van der Waals surface area contributed by atoms with E-state index >= 15 is 0 Å². The van der Waals surface area contributed by atoms with E-state index < -0.39 is 0 Å². The van der Waals surface area contributed by atoms with E-state index in [9.17, 15) is 0 Å². The smallest absolute Gasteiger partial charge is 0.138 e. The number of rotatable bonds is 3. The molecule has 3 rings (SSSR count). The highest BCUT2D eigenvalue weighted by atomic mass is 127. The van der Waals surface area contributed by atoms with Gasteiger partial charge in [0.2, 0.25) is 0 Å². The zero-order valence-corrected chi connectivity index (χ0v) is 14.1. The Bertz CT molecular complexity index is 759. The lowest BCUT2D eigenvalue weighted by molar-refractivity contribution is 0.392. The number of imidazole rings is 1. The summed E-state index contributed by atoms with van der Waals surface area (Å²) in [6.07, 6.45) is 0. The largest absolute Gasteiger partial charge is 0.361 e. The Morgan fingerprint density at radius 2 is 2.15 bits per heavy atom. The molecule has 0 spiro atoms. The van der Waals surface area contributed by atoms with E-state index in [-0.39, 0.29) is 0 Å². The third-order valence-corrected chi connectivity index (χ3v) is 4.32. The number of hydrogen-bond acceptors (Lipinski definition) is 3. The van der Waals surface area contributed by atoms with Gasteiger partial charge in [-0.25, -0.2) is 4.98 Å². The van der Waals surface area contributed by atoms with Gasteiger partial charge in [0.25, 0.3) is 0 Å². The molecule has 4 nitrogen and oxygen atoms in total. The Kier molecular flexibility index (Phi) is 3.72. The molecule has 0 N–H and O–H groups in total. The van der Waals surface area contributed by atoms with Crippen LogP contribution in [0.4, 0.5) is 0 Å². The second-order valence-electron chi connectivity index (χ2n) is 4.68. The maximum Gasteiger partial charge on any atom is 0.138 e. The molecule has 2 heterocycles. The molecule has 0 aliphatic carbocycles. The molecule has 0 fully saturated rings. The molecule has 2 aromatic heterocycles. The van der Waals surface area contributed by atoms with Crippen molar-refractivity contribution < 1.29 is 4.52 Å². The number of aryl methyl sites for hydroxylation is 2. The van der Waals surface area contributed by atoms with E-state index in [1.165, 1.54) is 3.57 Å². The van der Waals surface area contributed by atoms with Crippen LogP contribution in [0, 0.1) is 17.4 Å². The third kappa shape index (κ3) is 2.33. The molecule has 6 heteroatoms. The van der Waals surface area contributed by atoms with Gasteiger partial charge in [0, 0.05) is 9.13 Å². The molecular formula is C14H13ClIN3O. The topological polar surface area (TPSA) is 43.9 Å². The van der Waals surface area contributed by atoms with Crippen LogP contribution in [0.25, 0.3) is 11.0 Å². The van der Waals surface area contributed by atoms with Crippen LogP contribution >= 0.6 is 34.2 Å². The number of nitrogens with zero attached hydrogens (tertiary/aromatic N) is 3. The maximum atomic E-state index is 6.04. The second-order valence-corrected chi connectivity index (χ2v) is 6.20. The predicted molar refractivity (Wildman–Crippen MR) is 87.1 cm³/mol. The Hall–Kier alpha value is -1.08. The summed E-state index contributed by atoms with van der Waals surface area (Å²) in [4.78, 5) is 4.61. The van der Waals surface area contributed by atoms with Crippen molar-refractivity contribution in [3.63, 3.8) is 0 Å². The Labute approximate surface area is 135 Å². The van der Waals surface area contributed by atoms with Gasteiger partial charge in [0.1, 0.15) is 11.6 Å². The number of halogens is 2. The third-order valence-electron chi connectivity index (χ3n) is 3.41. The quantitative estimate of drug-likeness (QED) is 0.491. The van der Waals surface area contributed by atoms with E-state index in [0.717, 1.165) is 33.9 Å². The summed E-state index contributed by atoms with van der Waals surface area (Å²) < 4.78 is 8.53. The van der Waals surface area contributed by atoms with Gasteiger partial charge in [-0.3, -0.25) is 0 Å². The maximum absolute atomic E-state index is 6.04. The van der Waals surface area contributed by atoms with Gasteiger partial charge in [0.15, 0.2) is 0 Å². The second kappa shape index (κ2) is 5.37. The van der Waals surface area contributed by atoms with Crippen molar-refractivity contribution in [1.82, 2.24) is 14.7 Å². The fourth-order valence-corrected chi connectivity index (χ4v) is 3.00. The summed E-state index contributed by atoms with van der Waals surface area (Å²) in [6.45, 7) is 4.56. The minimum absolute atomic E-state index is 0.384. The average molecular weight is 402 g/mol. The van der Waals surface area contributed by atoms with E-state index in [1.807, 2.05) is 13.8 Å². The number of aromatic nitrogens is 3. The molecule has 0 atom stereocenters. The summed E-state index contributed by atoms with van der Waals surface area (Å²) in [5, 5.41) is 4.00. The Balaban J connectivity index is 2.15. The molecule has 0 bridgehead atoms. The zero-order chi connectivity index (χ0) is 14.3. The van der Waals surface area contributed by atoms with Gasteiger partial charge in [-0.15, -0.1) is 11.6 Å². The molecular weight excluding hydrogens is 389 g/mol. The van der Waals surface area contributed by atoms with Crippen LogP contribution in [-0.4, -0.2) is 14.7 Å². The minimum atomic E-state index is 0.384. The normalized spacial score (nSPS) is 11.4. The molecule has 0 saturated heterocycles. The van der Waals surface area contributed by atoms with E-state index in [1.54, 1.807) is 0 Å². The first-order valence-electron chi connectivity index (χ1n) is 6.22. The first-order chi connectivity index (χ1) is 9.60. The fraction of sp³-hybridized carbons (Fsp3) is 0.286. The van der Waals surface area contributed by atoms with Crippen molar-refractivity contribution in [2.45, 2.75) is 26.3 Å². The molecule has 0 aliphatic heterocycles. The summed E-state index contributed by atoms with van der Waals surface area (Å²) in [6, 6.07) is 6.22. The van der Waals surface area contributed by atoms with E-state index in [0.29, 0.717) is 12.4 Å². The van der Waals surface area contributed by atoms with Crippen molar-refractivity contribution in [3.05, 3.63) is 44.6 Å². The highest BCUT2D eigenvalue weighted by Crippen LogP contribution is 2.23. The minimum Gasteiger partial charge on any atom is -0.361 e. The van der Waals surface area contributed by atoms with Crippen LogP contribution in [0.5, 0.6) is 0 Å². The van der Waals surface area contributed by atoms with Crippen LogP contribution in [0.15, 0.2) is 22.7 Å². The van der Waals surface area contributed by atoms with Gasteiger partial charge in [0.05, 0.1) is 29.2 Å². The lowest BCUT2D eigenvalue weighted by Gasteiger charge is -2.07. The van der Waals surface area contributed by atoms with Crippen molar-refractivity contribution in [1.29, 1.82) is 0 Å².